The molecule has 0 unspecified atom stereocenters. The first-order chi connectivity index (χ1) is 15.6. The number of anilines is 1. The van der Waals surface area contributed by atoms with Crippen LogP contribution in [0.1, 0.15) is 11.1 Å². The van der Waals surface area contributed by atoms with Crippen LogP contribution < -0.4 is 4.90 Å². The second-order valence-electron chi connectivity index (χ2n) is 7.26. The maximum atomic E-state index is 13.2. The zero-order valence-electron chi connectivity index (χ0n) is 17.2. The van der Waals surface area contributed by atoms with E-state index in [4.69, 9.17) is 17.3 Å². The van der Waals surface area contributed by atoms with E-state index >= 15 is 0 Å². The maximum absolute atomic E-state index is 13.2. The number of hydrogen-bond acceptors (Lipinski definition) is 5. The Labute approximate surface area is 195 Å². The van der Waals surface area contributed by atoms with Crippen LogP contribution in [0.4, 0.5) is 5.69 Å². The van der Waals surface area contributed by atoms with Gasteiger partial charge in [0.2, 0.25) is 0 Å². The molecule has 1 fully saturated rings. The van der Waals surface area contributed by atoms with Crippen molar-refractivity contribution in [3.8, 4) is 16.9 Å². The Morgan fingerprint density at radius 1 is 0.969 bits per heavy atom. The van der Waals surface area contributed by atoms with Crippen molar-refractivity contribution in [1.82, 2.24) is 14.8 Å². The highest BCUT2D eigenvalue weighted by Gasteiger charge is 2.33. The number of amides is 1. The highest BCUT2D eigenvalue weighted by atomic mass is 32.2. The van der Waals surface area contributed by atoms with Crippen molar-refractivity contribution in [2.45, 2.75) is 6.92 Å². The van der Waals surface area contributed by atoms with Crippen molar-refractivity contribution >= 4 is 46.0 Å². The maximum Gasteiger partial charge on any atom is 0.270 e. The van der Waals surface area contributed by atoms with Gasteiger partial charge in [-0.3, -0.25) is 14.7 Å². The number of benzene rings is 2. The summed E-state index contributed by atoms with van der Waals surface area (Å²) in [7, 11) is 0. The Balaban J connectivity index is 1.61. The first-order valence-corrected chi connectivity index (χ1v) is 11.2. The average molecular weight is 455 g/mol. The molecule has 1 aliphatic heterocycles. The van der Waals surface area contributed by atoms with Crippen LogP contribution in [0, 0.1) is 6.92 Å². The minimum atomic E-state index is -0.156. The lowest BCUT2D eigenvalue weighted by molar-refractivity contribution is -0.113. The fraction of sp³-hybridized carbons (Fsp3) is 0.0400. The molecular formula is C25H18N4OS2. The number of aryl methyl sites for hydroxylation is 1. The van der Waals surface area contributed by atoms with Gasteiger partial charge >= 0.3 is 0 Å². The molecule has 2 aromatic carbocycles. The van der Waals surface area contributed by atoms with Crippen LogP contribution in [0.3, 0.4) is 0 Å². The molecule has 2 aromatic heterocycles. The number of hydrogen-bond donors (Lipinski definition) is 0. The van der Waals surface area contributed by atoms with Gasteiger partial charge in [-0.25, -0.2) is 4.68 Å². The second-order valence-corrected chi connectivity index (χ2v) is 8.93. The van der Waals surface area contributed by atoms with Crippen molar-refractivity contribution in [3.63, 3.8) is 0 Å². The van der Waals surface area contributed by atoms with Crippen molar-refractivity contribution < 1.29 is 4.79 Å². The summed E-state index contributed by atoms with van der Waals surface area (Å²) in [6.07, 6.45) is 7.14. The van der Waals surface area contributed by atoms with Crippen LogP contribution in [0.5, 0.6) is 0 Å². The summed E-state index contributed by atoms with van der Waals surface area (Å²) < 4.78 is 2.33. The van der Waals surface area contributed by atoms with E-state index in [2.05, 4.69) is 18.0 Å². The van der Waals surface area contributed by atoms with E-state index in [9.17, 15) is 4.79 Å². The van der Waals surface area contributed by atoms with Crippen molar-refractivity contribution in [2.24, 2.45) is 0 Å². The van der Waals surface area contributed by atoms with Crippen LogP contribution >= 0.6 is 24.0 Å². The Morgan fingerprint density at radius 2 is 1.72 bits per heavy atom. The van der Waals surface area contributed by atoms with E-state index in [0.29, 0.717) is 14.9 Å². The molecule has 1 saturated heterocycles. The summed E-state index contributed by atoms with van der Waals surface area (Å²) in [5, 5.41) is 4.87. The lowest BCUT2D eigenvalue weighted by atomic mass is 10.0. The topological polar surface area (TPSA) is 51.0 Å². The summed E-state index contributed by atoms with van der Waals surface area (Å²) in [5.41, 5.74) is 5.43. The molecule has 0 aliphatic carbocycles. The average Bonchev–Trinajstić information content (AvgIpc) is 3.36. The molecule has 1 aliphatic rings. The number of para-hydroxylation sites is 1. The smallest absolute Gasteiger partial charge is 0.268 e. The lowest BCUT2D eigenvalue weighted by Crippen LogP contribution is -2.27. The number of rotatable bonds is 4. The summed E-state index contributed by atoms with van der Waals surface area (Å²) in [4.78, 5) is 19.4. The quantitative estimate of drug-likeness (QED) is 0.295. The van der Waals surface area contributed by atoms with Gasteiger partial charge in [0.1, 0.15) is 5.69 Å². The standard InChI is InChI=1S/C25H18N4OS2/c1-17-8-5-6-12-21(17)23-18(16-28(27-23)19-9-3-2-4-10-19)14-22-24(30)29(25(31)32-22)20-11-7-13-26-15-20/h2-16H,1H3/b22-14-. The number of aromatic nitrogens is 3. The molecule has 0 spiro atoms. The molecule has 0 radical (unpaired) electrons. The SMILES string of the molecule is Cc1ccccc1-c1nn(-c2ccccc2)cc1/C=C1\SC(=S)N(c2cccnc2)C1=O. The van der Waals surface area contributed by atoms with E-state index in [1.165, 1.54) is 16.7 Å². The first-order valence-electron chi connectivity index (χ1n) is 10.0. The molecule has 0 N–H and O–H groups in total. The number of thioether (sulfide) groups is 1. The molecule has 4 aromatic rings. The minimum Gasteiger partial charge on any atom is -0.268 e. The normalized spacial score (nSPS) is 15.0. The molecule has 32 heavy (non-hydrogen) atoms. The molecule has 7 heteroatoms. The van der Waals surface area contributed by atoms with Gasteiger partial charge in [0.25, 0.3) is 5.91 Å². The molecule has 5 nitrogen and oxygen atoms in total. The first kappa shape index (κ1) is 20.4. The van der Waals surface area contributed by atoms with Gasteiger partial charge < -0.3 is 0 Å². The Bertz CT molecular complexity index is 1350. The van der Waals surface area contributed by atoms with Gasteiger partial charge in [-0.05, 0) is 42.8 Å². The monoisotopic (exact) mass is 454 g/mol. The zero-order chi connectivity index (χ0) is 22.1. The largest absolute Gasteiger partial charge is 0.270 e. The summed E-state index contributed by atoms with van der Waals surface area (Å²) in [5.74, 6) is -0.156. The molecule has 0 bridgehead atoms. The van der Waals surface area contributed by atoms with E-state index in [-0.39, 0.29) is 5.91 Å². The third kappa shape index (κ3) is 3.77. The fourth-order valence-electron chi connectivity index (χ4n) is 3.57. The van der Waals surface area contributed by atoms with Gasteiger partial charge in [0, 0.05) is 23.5 Å². The summed E-state index contributed by atoms with van der Waals surface area (Å²) in [6.45, 7) is 2.06. The van der Waals surface area contributed by atoms with Crippen LogP contribution in [0.15, 0.2) is 90.2 Å². The third-order valence-electron chi connectivity index (χ3n) is 5.15. The predicted molar refractivity (Wildman–Crippen MR) is 134 cm³/mol. The number of thiocarbonyl (C=S) groups is 1. The highest BCUT2D eigenvalue weighted by Crippen LogP contribution is 2.37. The molecule has 3 heterocycles. The number of pyridine rings is 1. The molecule has 1 amide bonds. The predicted octanol–water partition coefficient (Wildman–Crippen LogP) is 5.65. The van der Waals surface area contributed by atoms with Gasteiger partial charge in [0.15, 0.2) is 4.32 Å². The Hall–Kier alpha value is -3.55. The lowest BCUT2D eigenvalue weighted by Gasteiger charge is -2.13. The zero-order valence-corrected chi connectivity index (χ0v) is 18.8. The molecule has 0 saturated carbocycles. The van der Waals surface area contributed by atoms with E-state index in [1.54, 1.807) is 18.5 Å². The van der Waals surface area contributed by atoms with Crippen LogP contribution in [0.2, 0.25) is 0 Å². The van der Waals surface area contributed by atoms with Gasteiger partial charge in [-0.15, -0.1) is 0 Å². The number of carbonyl (C=O) groups is 1. The highest BCUT2D eigenvalue weighted by molar-refractivity contribution is 8.27. The van der Waals surface area contributed by atoms with E-state index < -0.39 is 0 Å². The second kappa shape index (κ2) is 8.53. The van der Waals surface area contributed by atoms with E-state index in [0.717, 1.165) is 28.1 Å². The van der Waals surface area contributed by atoms with Crippen LogP contribution in [-0.4, -0.2) is 25.0 Å². The van der Waals surface area contributed by atoms with E-state index in [1.807, 2.05) is 71.6 Å². The Morgan fingerprint density at radius 3 is 2.47 bits per heavy atom. The Kier molecular flexibility index (Phi) is 5.43. The van der Waals surface area contributed by atoms with Crippen molar-refractivity contribution in [2.75, 3.05) is 4.90 Å². The minimum absolute atomic E-state index is 0.156. The van der Waals surface area contributed by atoms with Crippen molar-refractivity contribution in [1.29, 1.82) is 0 Å². The molecule has 0 atom stereocenters. The summed E-state index contributed by atoms with van der Waals surface area (Å²) in [6, 6.07) is 21.6. The molecular weight excluding hydrogens is 436 g/mol. The molecule has 156 valence electrons. The number of nitrogens with zero attached hydrogens (tertiary/aromatic N) is 4. The molecule has 5 rings (SSSR count). The number of carbonyl (C=O) groups excluding carboxylic acids is 1. The fourth-order valence-corrected chi connectivity index (χ4v) is 4.86. The van der Waals surface area contributed by atoms with Gasteiger partial charge in [-0.2, -0.15) is 5.10 Å². The van der Waals surface area contributed by atoms with Crippen LogP contribution in [-0.2, 0) is 4.79 Å². The third-order valence-corrected chi connectivity index (χ3v) is 6.45. The van der Waals surface area contributed by atoms with Gasteiger partial charge in [-0.1, -0.05) is 66.4 Å². The van der Waals surface area contributed by atoms with Gasteiger partial charge in [0.05, 0.1) is 22.5 Å². The van der Waals surface area contributed by atoms with Crippen molar-refractivity contribution in [3.05, 3.63) is 101 Å². The van der Waals surface area contributed by atoms with Crippen LogP contribution in [0.25, 0.3) is 23.0 Å². The summed E-state index contributed by atoms with van der Waals surface area (Å²) >= 11 is 6.79.